The van der Waals surface area contributed by atoms with Crippen LogP contribution in [0.5, 0.6) is 0 Å². The molecule has 1 rings (SSSR count). The van der Waals surface area contributed by atoms with Crippen molar-refractivity contribution in [2.45, 2.75) is 51.7 Å². The van der Waals surface area contributed by atoms with E-state index in [0.717, 1.165) is 12.8 Å². The number of ether oxygens (including phenoxy) is 1. The van der Waals surface area contributed by atoms with Crippen molar-refractivity contribution in [2.75, 3.05) is 19.8 Å². The number of amides is 2. The summed E-state index contributed by atoms with van der Waals surface area (Å²) in [5, 5.41) is 15.7. The summed E-state index contributed by atoms with van der Waals surface area (Å²) in [4.78, 5) is 11.6. The smallest absolute Gasteiger partial charge is 0.315 e. The van der Waals surface area contributed by atoms with Crippen LogP contribution >= 0.6 is 0 Å². The number of nitrogens with one attached hydrogen (secondary N) is 2. The lowest BCUT2D eigenvalue weighted by atomic mass is 9.95. The predicted octanol–water partition coefficient (Wildman–Crippen LogP) is 1.26. The Bertz CT molecular complexity index is 261. The first-order valence-electron chi connectivity index (χ1n) is 6.73. The lowest BCUT2D eigenvalue weighted by Crippen LogP contribution is -2.48. The molecule has 0 aliphatic carbocycles. The number of hydrogen-bond acceptors (Lipinski definition) is 3. The standard InChI is InChI=1S/C13H26N2O3/c1-10(2)4-6-13(3,17)9-14-12(16)15-11-5-7-18-8-11/h10-11,17H,4-9H2,1-3H3,(H2,14,15,16). The Labute approximate surface area is 109 Å². The normalized spacial score (nSPS) is 22.8. The van der Waals surface area contributed by atoms with E-state index >= 15 is 0 Å². The van der Waals surface area contributed by atoms with Crippen LogP contribution in [0.1, 0.15) is 40.0 Å². The molecule has 3 N–H and O–H groups in total. The molecule has 5 heteroatoms. The second-order valence-corrected chi connectivity index (χ2v) is 5.82. The van der Waals surface area contributed by atoms with Crippen LogP contribution in [0.4, 0.5) is 4.79 Å². The SMILES string of the molecule is CC(C)CCC(C)(O)CNC(=O)NC1CCOC1. The summed E-state index contributed by atoms with van der Waals surface area (Å²) < 4.78 is 5.18. The Morgan fingerprint density at radius 2 is 2.28 bits per heavy atom. The molecule has 1 aliphatic heterocycles. The van der Waals surface area contributed by atoms with Crippen molar-refractivity contribution in [3.63, 3.8) is 0 Å². The number of carbonyl (C=O) groups excluding carboxylic acids is 1. The molecule has 2 amide bonds. The number of aliphatic hydroxyl groups is 1. The average Bonchev–Trinajstić information content (AvgIpc) is 2.77. The van der Waals surface area contributed by atoms with Crippen LogP contribution in [0.3, 0.4) is 0 Å². The van der Waals surface area contributed by atoms with Crippen molar-refractivity contribution in [2.24, 2.45) is 5.92 Å². The van der Waals surface area contributed by atoms with E-state index in [4.69, 9.17) is 4.74 Å². The highest BCUT2D eigenvalue weighted by Gasteiger charge is 2.23. The van der Waals surface area contributed by atoms with E-state index < -0.39 is 5.60 Å². The van der Waals surface area contributed by atoms with Gasteiger partial charge in [-0.2, -0.15) is 0 Å². The molecule has 0 aromatic carbocycles. The van der Waals surface area contributed by atoms with Gasteiger partial charge in [0.2, 0.25) is 0 Å². The fraction of sp³-hybridized carbons (Fsp3) is 0.923. The Hall–Kier alpha value is -0.810. The Kier molecular flexibility index (Phi) is 5.88. The van der Waals surface area contributed by atoms with Crippen molar-refractivity contribution in [3.05, 3.63) is 0 Å². The Morgan fingerprint density at radius 1 is 1.56 bits per heavy atom. The first kappa shape index (κ1) is 15.2. The van der Waals surface area contributed by atoms with E-state index in [9.17, 15) is 9.90 Å². The van der Waals surface area contributed by atoms with Crippen LogP contribution in [0.2, 0.25) is 0 Å². The average molecular weight is 258 g/mol. The van der Waals surface area contributed by atoms with E-state index in [2.05, 4.69) is 24.5 Å². The quantitative estimate of drug-likeness (QED) is 0.672. The van der Waals surface area contributed by atoms with Crippen LogP contribution in [-0.4, -0.2) is 42.5 Å². The first-order valence-corrected chi connectivity index (χ1v) is 6.73. The molecule has 2 unspecified atom stereocenters. The Morgan fingerprint density at radius 3 is 2.83 bits per heavy atom. The van der Waals surface area contributed by atoms with Gasteiger partial charge in [-0.1, -0.05) is 13.8 Å². The summed E-state index contributed by atoms with van der Waals surface area (Å²) in [6, 6.07) is -0.124. The molecule has 18 heavy (non-hydrogen) atoms. The predicted molar refractivity (Wildman–Crippen MR) is 70.5 cm³/mol. The third-order valence-corrected chi connectivity index (χ3v) is 3.15. The second kappa shape index (κ2) is 6.95. The maximum atomic E-state index is 11.6. The molecule has 0 aromatic heterocycles. The van der Waals surface area contributed by atoms with Gasteiger partial charge in [-0.3, -0.25) is 0 Å². The van der Waals surface area contributed by atoms with Crippen LogP contribution < -0.4 is 10.6 Å². The van der Waals surface area contributed by atoms with E-state index in [0.29, 0.717) is 25.6 Å². The zero-order valence-corrected chi connectivity index (χ0v) is 11.7. The molecule has 1 fully saturated rings. The van der Waals surface area contributed by atoms with Crippen molar-refractivity contribution in [1.82, 2.24) is 10.6 Å². The third kappa shape index (κ3) is 6.21. The fourth-order valence-electron chi connectivity index (χ4n) is 1.84. The summed E-state index contributed by atoms with van der Waals surface area (Å²) in [5.74, 6) is 0.556. The van der Waals surface area contributed by atoms with E-state index in [1.807, 2.05) is 0 Å². The summed E-state index contributed by atoms with van der Waals surface area (Å²) in [6.07, 6.45) is 2.50. The van der Waals surface area contributed by atoms with Crippen LogP contribution in [0.15, 0.2) is 0 Å². The molecule has 0 spiro atoms. The maximum Gasteiger partial charge on any atom is 0.315 e. The van der Waals surface area contributed by atoms with E-state index in [-0.39, 0.29) is 18.6 Å². The van der Waals surface area contributed by atoms with Gasteiger partial charge in [0.25, 0.3) is 0 Å². The van der Waals surface area contributed by atoms with Crippen molar-refractivity contribution in [3.8, 4) is 0 Å². The van der Waals surface area contributed by atoms with Gasteiger partial charge in [-0.15, -0.1) is 0 Å². The van der Waals surface area contributed by atoms with E-state index in [1.165, 1.54) is 0 Å². The van der Waals surface area contributed by atoms with Gasteiger partial charge < -0.3 is 20.5 Å². The zero-order chi connectivity index (χ0) is 13.6. The Balaban J connectivity index is 2.19. The minimum absolute atomic E-state index is 0.102. The number of rotatable bonds is 6. The molecule has 0 bridgehead atoms. The molecular weight excluding hydrogens is 232 g/mol. The molecule has 0 saturated carbocycles. The molecule has 106 valence electrons. The minimum Gasteiger partial charge on any atom is -0.388 e. The molecule has 1 saturated heterocycles. The highest BCUT2D eigenvalue weighted by Crippen LogP contribution is 2.15. The molecule has 0 radical (unpaired) electrons. The molecule has 0 aromatic rings. The van der Waals surface area contributed by atoms with Gasteiger partial charge in [0.1, 0.15) is 0 Å². The topological polar surface area (TPSA) is 70.6 Å². The van der Waals surface area contributed by atoms with Crippen molar-refractivity contribution < 1.29 is 14.6 Å². The van der Waals surface area contributed by atoms with Gasteiger partial charge in [-0.05, 0) is 32.1 Å². The van der Waals surface area contributed by atoms with Gasteiger partial charge in [-0.25, -0.2) is 4.79 Å². The van der Waals surface area contributed by atoms with Gasteiger partial charge in [0.15, 0.2) is 0 Å². The lowest BCUT2D eigenvalue weighted by Gasteiger charge is -2.25. The molecule has 1 heterocycles. The number of urea groups is 1. The fourth-order valence-corrected chi connectivity index (χ4v) is 1.84. The number of hydrogen-bond donors (Lipinski definition) is 3. The van der Waals surface area contributed by atoms with Crippen LogP contribution in [-0.2, 0) is 4.74 Å². The molecular formula is C13H26N2O3. The summed E-state index contributed by atoms with van der Waals surface area (Å²) in [7, 11) is 0. The largest absolute Gasteiger partial charge is 0.388 e. The van der Waals surface area contributed by atoms with Gasteiger partial charge in [0.05, 0.1) is 18.2 Å². The summed E-state index contributed by atoms with van der Waals surface area (Å²) in [6.45, 7) is 7.56. The minimum atomic E-state index is -0.839. The molecule has 5 nitrogen and oxygen atoms in total. The summed E-state index contributed by atoms with van der Waals surface area (Å²) in [5.41, 5.74) is -0.839. The van der Waals surface area contributed by atoms with Crippen LogP contribution in [0, 0.1) is 5.92 Å². The zero-order valence-electron chi connectivity index (χ0n) is 11.7. The van der Waals surface area contributed by atoms with Crippen molar-refractivity contribution in [1.29, 1.82) is 0 Å². The molecule has 2 atom stereocenters. The number of carbonyl (C=O) groups is 1. The lowest BCUT2D eigenvalue weighted by molar-refractivity contribution is 0.0475. The monoisotopic (exact) mass is 258 g/mol. The third-order valence-electron chi connectivity index (χ3n) is 3.15. The highest BCUT2D eigenvalue weighted by atomic mass is 16.5. The van der Waals surface area contributed by atoms with Crippen molar-refractivity contribution >= 4 is 6.03 Å². The first-order chi connectivity index (χ1) is 8.39. The van der Waals surface area contributed by atoms with Crippen LogP contribution in [0.25, 0.3) is 0 Å². The maximum absolute atomic E-state index is 11.6. The second-order valence-electron chi connectivity index (χ2n) is 5.82. The van der Waals surface area contributed by atoms with Gasteiger partial charge in [0, 0.05) is 13.2 Å². The van der Waals surface area contributed by atoms with Gasteiger partial charge >= 0.3 is 6.03 Å². The van der Waals surface area contributed by atoms with E-state index in [1.54, 1.807) is 6.92 Å². The summed E-state index contributed by atoms with van der Waals surface area (Å²) >= 11 is 0. The molecule has 1 aliphatic rings. The highest BCUT2D eigenvalue weighted by molar-refractivity contribution is 5.74.